The number of hydrogen-bond donors (Lipinski definition) is 2. The molecule has 0 aliphatic carbocycles. The molecule has 5 nitrogen and oxygen atoms in total. The van der Waals surface area contributed by atoms with E-state index in [-0.39, 0.29) is 11.8 Å². The Morgan fingerprint density at radius 1 is 1.12 bits per heavy atom. The summed E-state index contributed by atoms with van der Waals surface area (Å²) in [6.07, 6.45) is 3.27. The van der Waals surface area contributed by atoms with E-state index in [4.69, 9.17) is 0 Å². The van der Waals surface area contributed by atoms with Crippen molar-refractivity contribution in [3.63, 3.8) is 0 Å². The standard InChI is InChI=1S/C21H23N3O2/c1-21(2)15-12-17(16(22-3)13-18(15)24(4)20(21)26)23-19(25)11-10-14-8-6-5-7-9-14/h5-13,22H,1-4H3,(H,23,25)/b11-10+. The number of rotatable bonds is 4. The van der Waals surface area contributed by atoms with Crippen LogP contribution in [0.15, 0.2) is 48.5 Å². The number of likely N-dealkylation sites (N-methyl/N-ethyl adjacent to an activating group) is 1. The van der Waals surface area contributed by atoms with Crippen LogP contribution in [-0.2, 0) is 15.0 Å². The first-order valence-electron chi connectivity index (χ1n) is 8.53. The summed E-state index contributed by atoms with van der Waals surface area (Å²) in [5.41, 5.74) is 3.54. The third kappa shape index (κ3) is 3.08. The van der Waals surface area contributed by atoms with Crippen LogP contribution in [0.1, 0.15) is 25.0 Å². The van der Waals surface area contributed by atoms with Crippen molar-refractivity contribution in [1.82, 2.24) is 0 Å². The Kier molecular flexibility index (Phi) is 4.55. The lowest BCUT2D eigenvalue weighted by Crippen LogP contribution is -2.33. The summed E-state index contributed by atoms with van der Waals surface area (Å²) in [7, 11) is 3.56. The Morgan fingerprint density at radius 2 is 1.81 bits per heavy atom. The van der Waals surface area contributed by atoms with Gasteiger partial charge in [0.15, 0.2) is 0 Å². The lowest BCUT2D eigenvalue weighted by atomic mass is 9.85. The summed E-state index contributed by atoms with van der Waals surface area (Å²) in [6.45, 7) is 3.80. The van der Waals surface area contributed by atoms with Gasteiger partial charge in [0, 0.05) is 25.9 Å². The van der Waals surface area contributed by atoms with E-state index in [9.17, 15) is 9.59 Å². The fraction of sp³-hybridized carbons (Fsp3) is 0.238. The van der Waals surface area contributed by atoms with Crippen LogP contribution >= 0.6 is 0 Å². The predicted octanol–water partition coefficient (Wildman–Crippen LogP) is 3.63. The van der Waals surface area contributed by atoms with Crippen LogP contribution < -0.4 is 15.5 Å². The maximum Gasteiger partial charge on any atom is 0.248 e. The van der Waals surface area contributed by atoms with Gasteiger partial charge in [-0.2, -0.15) is 0 Å². The molecular weight excluding hydrogens is 326 g/mol. The zero-order chi connectivity index (χ0) is 18.9. The molecule has 0 radical (unpaired) electrons. The first kappa shape index (κ1) is 17.7. The Labute approximate surface area is 153 Å². The molecule has 3 rings (SSSR count). The average Bonchev–Trinajstić information content (AvgIpc) is 2.80. The van der Waals surface area contributed by atoms with Crippen LogP contribution in [-0.4, -0.2) is 25.9 Å². The Balaban J connectivity index is 1.89. The van der Waals surface area contributed by atoms with Crippen molar-refractivity contribution in [3.8, 4) is 0 Å². The minimum atomic E-state index is -0.615. The smallest absolute Gasteiger partial charge is 0.248 e. The van der Waals surface area contributed by atoms with Crippen molar-refractivity contribution >= 4 is 35.0 Å². The number of carbonyl (C=O) groups excluding carboxylic acids is 2. The highest BCUT2D eigenvalue weighted by atomic mass is 16.2. The lowest BCUT2D eigenvalue weighted by Gasteiger charge is -2.18. The highest BCUT2D eigenvalue weighted by Crippen LogP contribution is 2.44. The summed E-state index contributed by atoms with van der Waals surface area (Å²) in [5.74, 6) is -0.178. The van der Waals surface area contributed by atoms with Gasteiger partial charge < -0.3 is 15.5 Å². The van der Waals surface area contributed by atoms with Gasteiger partial charge in [-0.05, 0) is 43.2 Å². The van der Waals surface area contributed by atoms with E-state index >= 15 is 0 Å². The van der Waals surface area contributed by atoms with Crippen molar-refractivity contribution in [2.45, 2.75) is 19.3 Å². The van der Waals surface area contributed by atoms with Gasteiger partial charge in [-0.15, -0.1) is 0 Å². The number of nitrogens with zero attached hydrogens (tertiary/aromatic N) is 1. The Morgan fingerprint density at radius 3 is 2.46 bits per heavy atom. The summed E-state index contributed by atoms with van der Waals surface area (Å²) in [4.78, 5) is 26.5. The highest BCUT2D eigenvalue weighted by molar-refractivity contribution is 6.10. The maximum atomic E-state index is 12.5. The SMILES string of the molecule is CNc1cc2c(cc1NC(=O)/C=C/c1ccccc1)C(C)(C)C(=O)N2C. The van der Waals surface area contributed by atoms with E-state index in [1.807, 2.05) is 56.3 Å². The average molecular weight is 349 g/mol. The fourth-order valence-corrected chi connectivity index (χ4v) is 3.23. The van der Waals surface area contributed by atoms with Crippen molar-refractivity contribution in [3.05, 3.63) is 59.7 Å². The first-order chi connectivity index (χ1) is 12.3. The third-order valence-corrected chi connectivity index (χ3v) is 4.76. The molecule has 134 valence electrons. The Bertz CT molecular complexity index is 886. The lowest BCUT2D eigenvalue weighted by molar-refractivity contribution is -0.121. The molecule has 0 unspecified atom stereocenters. The number of anilines is 3. The molecule has 0 spiro atoms. The molecule has 2 amide bonds. The molecule has 0 atom stereocenters. The van der Waals surface area contributed by atoms with Crippen LogP contribution in [0.5, 0.6) is 0 Å². The van der Waals surface area contributed by atoms with Crippen LogP contribution in [0.2, 0.25) is 0 Å². The molecule has 2 aromatic carbocycles. The molecule has 2 aromatic rings. The fourth-order valence-electron chi connectivity index (χ4n) is 3.23. The van der Waals surface area contributed by atoms with E-state index in [2.05, 4.69) is 10.6 Å². The molecule has 1 heterocycles. The second-order valence-electron chi connectivity index (χ2n) is 6.89. The van der Waals surface area contributed by atoms with Crippen molar-refractivity contribution in [2.24, 2.45) is 0 Å². The minimum absolute atomic E-state index is 0.0435. The van der Waals surface area contributed by atoms with Gasteiger partial charge in [0.1, 0.15) is 0 Å². The second kappa shape index (κ2) is 6.67. The van der Waals surface area contributed by atoms with Gasteiger partial charge in [0.2, 0.25) is 11.8 Å². The largest absolute Gasteiger partial charge is 0.386 e. The van der Waals surface area contributed by atoms with Crippen molar-refractivity contribution < 1.29 is 9.59 Å². The maximum absolute atomic E-state index is 12.5. The number of amides is 2. The number of carbonyl (C=O) groups is 2. The van der Waals surface area contributed by atoms with Crippen LogP contribution in [0.3, 0.4) is 0 Å². The van der Waals surface area contributed by atoms with Gasteiger partial charge in [-0.1, -0.05) is 30.3 Å². The molecule has 0 aromatic heterocycles. The Hall–Kier alpha value is -3.08. The van der Waals surface area contributed by atoms with E-state index in [0.29, 0.717) is 5.69 Å². The quantitative estimate of drug-likeness (QED) is 0.829. The molecule has 2 N–H and O–H groups in total. The van der Waals surface area contributed by atoms with Crippen LogP contribution in [0, 0.1) is 0 Å². The molecule has 5 heteroatoms. The zero-order valence-electron chi connectivity index (χ0n) is 15.5. The number of benzene rings is 2. The molecule has 26 heavy (non-hydrogen) atoms. The second-order valence-corrected chi connectivity index (χ2v) is 6.89. The molecule has 1 aliphatic heterocycles. The topological polar surface area (TPSA) is 61.4 Å². The van der Waals surface area contributed by atoms with Gasteiger partial charge in [0.05, 0.1) is 16.8 Å². The molecule has 0 bridgehead atoms. The van der Waals surface area contributed by atoms with Gasteiger partial charge >= 0.3 is 0 Å². The monoisotopic (exact) mass is 349 g/mol. The summed E-state index contributed by atoms with van der Waals surface area (Å²) in [5, 5.41) is 6.00. The highest BCUT2D eigenvalue weighted by Gasteiger charge is 2.42. The molecule has 0 saturated heterocycles. The van der Waals surface area contributed by atoms with Crippen LogP contribution in [0.25, 0.3) is 6.08 Å². The molecule has 1 aliphatic rings. The van der Waals surface area contributed by atoms with Crippen molar-refractivity contribution in [1.29, 1.82) is 0 Å². The number of fused-ring (bicyclic) bond motifs is 1. The van der Waals surface area contributed by atoms with E-state index in [1.54, 1.807) is 25.1 Å². The summed E-state index contributed by atoms with van der Waals surface area (Å²) < 4.78 is 0. The van der Waals surface area contributed by atoms with E-state index < -0.39 is 5.41 Å². The van der Waals surface area contributed by atoms with Crippen LogP contribution in [0.4, 0.5) is 17.1 Å². The van der Waals surface area contributed by atoms with E-state index in [1.165, 1.54) is 6.08 Å². The van der Waals surface area contributed by atoms with E-state index in [0.717, 1.165) is 22.5 Å². The number of nitrogens with one attached hydrogen (secondary N) is 2. The first-order valence-corrected chi connectivity index (χ1v) is 8.53. The summed E-state index contributed by atoms with van der Waals surface area (Å²) >= 11 is 0. The minimum Gasteiger partial charge on any atom is -0.386 e. The van der Waals surface area contributed by atoms with Gasteiger partial charge in [-0.25, -0.2) is 0 Å². The van der Waals surface area contributed by atoms with Gasteiger partial charge in [0.25, 0.3) is 0 Å². The normalized spacial score (nSPS) is 15.2. The zero-order valence-corrected chi connectivity index (χ0v) is 15.5. The predicted molar refractivity (Wildman–Crippen MR) is 107 cm³/mol. The van der Waals surface area contributed by atoms with Gasteiger partial charge in [-0.3, -0.25) is 9.59 Å². The molecule has 0 fully saturated rings. The number of hydrogen-bond acceptors (Lipinski definition) is 3. The summed E-state index contributed by atoms with van der Waals surface area (Å²) in [6, 6.07) is 13.4. The van der Waals surface area contributed by atoms with Crippen molar-refractivity contribution in [2.75, 3.05) is 29.6 Å². The molecule has 0 saturated carbocycles. The third-order valence-electron chi connectivity index (χ3n) is 4.76. The molecular formula is C21H23N3O2.